The quantitative estimate of drug-likeness (QED) is 0.707. The minimum Gasteiger partial charge on any atom is -0.378 e. The molecule has 1 heterocycles. The summed E-state index contributed by atoms with van der Waals surface area (Å²) in [6.07, 6.45) is 3.37. The van der Waals surface area contributed by atoms with Crippen molar-refractivity contribution in [1.82, 2.24) is 0 Å². The van der Waals surface area contributed by atoms with Gasteiger partial charge in [-0.1, -0.05) is 18.2 Å². The summed E-state index contributed by atoms with van der Waals surface area (Å²) >= 11 is 0. The molecule has 82 valence electrons. The Labute approximate surface area is 95.6 Å². The highest BCUT2D eigenvalue weighted by Crippen LogP contribution is 2.22. The van der Waals surface area contributed by atoms with Crippen LogP contribution in [0.15, 0.2) is 30.3 Å². The minimum atomic E-state index is 0.774. The van der Waals surface area contributed by atoms with Gasteiger partial charge in [0.05, 0.1) is 19.3 Å². The van der Waals surface area contributed by atoms with Crippen LogP contribution in [-0.4, -0.2) is 26.3 Å². The fourth-order valence-corrected chi connectivity index (χ4v) is 1.85. The Morgan fingerprint density at radius 2 is 2.00 bits per heavy atom. The second-order valence-corrected chi connectivity index (χ2v) is 3.62. The maximum Gasteiger partial charge on any atom is 0.0912 e. The molecule has 0 unspecified atom stereocenters. The standard InChI is InChI=1S/C13H14N2O/c14-7-3-5-12-4-1-2-6-13(12)15-8-10-16-11-9-15/h1-6H,8-11H2. The maximum absolute atomic E-state index is 8.56. The Morgan fingerprint density at radius 3 is 2.75 bits per heavy atom. The highest BCUT2D eigenvalue weighted by Gasteiger charge is 2.12. The van der Waals surface area contributed by atoms with E-state index in [4.69, 9.17) is 10.00 Å². The fraction of sp³-hybridized carbons (Fsp3) is 0.308. The number of hydrogen-bond donors (Lipinski definition) is 0. The number of nitriles is 1. The number of hydrogen-bond acceptors (Lipinski definition) is 3. The molecule has 1 aliphatic heterocycles. The van der Waals surface area contributed by atoms with Gasteiger partial charge in [-0.15, -0.1) is 0 Å². The number of nitrogens with zero attached hydrogens (tertiary/aromatic N) is 2. The van der Waals surface area contributed by atoms with Crippen molar-refractivity contribution in [2.45, 2.75) is 0 Å². The van der Waals surface area contributed by atoms with E-state index in [2.05, 4.69) is 11.0 Å². The predicted octanol–water partition coefficient (Wildman–Crippen LogP) is 2.06. The maximum atomic E-state index is 8.56. The van der Waals surface area contributed by atoms with Crippen molar-refractivity contribution < 1.29 is 4.74 Å². The van der Waals surface area contributed by atoms with Crippen LogP contribution in [0.4, 0.5) is 5.69 Å². The zero-order valence-corrected chi connectivity index (χ0v) is 9.10. The van der Waals surface area contributed by atoms with Gasteiger partial charge < -0.3 is 9.64 Å². The molecule has 0 N–H and O–H groups in total. The van der Waals surface area contributed by atoms with E-state index < -0.39 is 0 Å². The average molecular weight is 214 g/mol. The number of rotatable bonds is 2. The molecule has 1 aromatic rings. The average Bonchev–Trinajstić information content (AvgIpc) is 2.38. The highest BCUT2D eigenvalue weighted by atomic mass is 16.5. The van der Waals surface area contributed by atoms with Crippen LogP contribution < -0.4 is 4.90 Å². The van der Waals surface area contributed by atoms with Crippen molar-refractivity contribution in [2.24, 2.45) is 0 Å². The molecule has 0 saturated carbocycles. The van der Waals surface area contributed by atoms with Crippen LogP contribution >= 0.6 is 0 Å². The molecule has 0 bridgehead atoms. The first kappa shape index (κ1) is 10.7. The van der Waals surface area contributed by atoms with Gasteiger partial charge in [-0.25, -0.2) is 0 Å². The van der Waals surface area contributed by atoms with Crippen LogP contribution in [0.5, 0.6) is 0 Å². The van der Waals surface area contributed by atoms with Crippen LogP contribution in [0, 0.1) is 11.3 Å². The van der Waals surface area contributed by atoms with Gasteiger partial charge in [0.25, 0.3) is 0 Å². The number of para-hydroxylation sites is 1. The molecule has 0 aliphatic carbocycles. The van der Waals surface area contributed by atoms with Crippen LogP contribution in [-0.2, 0) is 4.74 Å². The monoisotopic (exact) mass is 214 g/mol. The molecular weight excluding hydrogens is 200 g/mol. The third-order valence-electron chi connectivity index (χ3n) is 2.63. The first-order chi connectivity index (χ1) is 7.92. The number of morpholine rings is 1. The second kappa shape index (κ2) is 5.34. The van der Waals surface area contributed by atoms with E-state index in [0.29, 0.717) is 0 Å². The molecule has 1 fully saturated rings. The van der Waals surface area contributed by atoms with Gasteiger partial charge in [0.15, 0.2) is 0 Å². The molecule has 16 heavy (non-hydrogen) atoms. The third kappa shape index (κ3) is 2.41. The summed E-state index contributed by atoms with van der Waals surface area (Å²) in [4.78, 5) is 2.29. The van der Waals surface area contributed by atoms with Crippen molar-refractivity contribution in [3.05, 3.63) is 35.9 Å². The molecule has 1 aliphatic rings. The fourth-order valence-electron chi connectivity index (χ4n) is 1.85. The van der Waals surface area contributed by atoms with E-state index in [-0.39, 0.29) is 0 Å². The lowest BCUT2D eigenvalue weighted by Gasteiger charge is -2.30. The Kier molecular flexibility index (Phi) is 3.58. The van der Waals surface area contributed by atoms with Crippen LogP contribution in [0.3, 0.4) is 0 Å². The summed E-state index contributed by atoms with van der Waals surface area (Å²) in [5.74, 6) is 0. The first-order valence-corrected chi connectivity index (χ1v) is 5.40. The zero-order chi connectivity index (χ0) is 11.2. The van der Waals surface area contributed by atoms with Crippen molar-refractivity contribution in [2.75, 3.05) is 31.2 Å². The molecule has 3 heteroatoms. The van der Waals surface area contributed by atoms with E-state index >= 15 is 0 Å². The number of ether oxygens (including phenoxy) is 1. The molecule has 3 nitrogen and oxygen atoms in total. The topological polar surface area (TPSA) is 36.3 Å². The summed E-state index contributed by atoms with van der Waals surface area (Å²) < 4.78 is 5.33. The van der Waals surface area contributed by atoms with Gasteiger partial charge in [0.1, 0.15) is 0 Å². The van der Waals surface area contributed by atoms with Gasteiger partial charge in [-0.2, -0.15) is 5.26 Å². The molecule has 2 rings (SSSR count). The van der Waals surface area contributed by atoms with Gasteiger partial charge in [-0.3, -0.25) is 0 Å². The molecule has 1 saturated heterocycles. The van der Waals surface area contributed by atoms with Gasteiger partial charge in [-0.05, 0) is 17.7 Å². The van der Waals surface area contributed by atoms with E-state index in [9.17, 15) is 0 Å². The lowest BCUT2D eigenvalue weighted by Crippen LogP contribution is -2.36. The molecule has 0 atom stereocenters. The van der Waals surface area contributed by atoms with E-state index in [1.807, 2.05) is 30.3 Å². The van der Waals surface area contributed by atoms with Crippen molar-refractivity contribution in [3.8, 4) is 6.07 Å². The summed E-state index contributed by atoms with van der Waals surface area (Å²) in [6, 6.07) is 10.1. The Morgan fingerprint density at radius 1 is 1.25 bits per heavy atom. The summed E-state index contributed by atoms with van der Waals surface area (Å²) in [7, 11) is 0. The Bertz CT molecular complexity index is 414. The van der Waals surface area contributed by atoms with Crippen molar-refractivity contribution in [1.29, 1.82) is 5.26 Å². The predicted molar refractivity (Wildman–Crippen MR) is 64.1 cm³/mol. The summed E-state index contributed by atoms with van der Waals surface area (Å²) in [6.45, 7) is 3.38. The number of anilines is 1. The van der Waals surface area contributed by atoms with Crippen LogP contribution in [0.1, 0.15) is 5.56 Å². The smallest absolute Gasteiger partial charge is 0.0912 e. The third-order valence-corrected chi connectivity index (χ3v) is 2.63. The Hall–Kier alpha value is -1.79. The lowest BCUT2D eigenvalue weighted by atomic mass is 10.1. The molecule has 0 spiro atoms. The SMILES string of the molecule is N#CC=Cc1ccccc1N1CCOCC1. The normalized spacial score (nSPS) is 16.3. The van der Waals surface area contributed by atoms with E-state index in [1.54, 1.807) is 0 Å². The molecule has 0 aromatic heterocycles. The summed E-state index contributed by atoms with van der Waals surface area (Å²) in [5, 5.41) is 8.56. The van der Waals surface area contributed by atoms with Gasteiger partial charge in [0.2, 0.25) is 0 Å². The minimum absolute atomic E-state index is 0.774. The zero-order valence-electron chi connectivity index (χ0n) is 9.10. The number of allylic oxidation sites excluding steroid dienone is 1. The van der Waals surface area contributed by atoms with Crippen LogP contribution in [0.2, 0.25) is 0 Å². The van der Waals surface area contributed by atoms with Gasteiger partial charge >= 0.3 is 0 Å². The lowest BCUT2D eigenvalue weighted by molar-refractivity contribution is 0.122. The highest BCUT2D eigenvalue weighted by molar-refractivity contribution is 5.68. The van der Waals surface area contributed by atoms with Crippen LogP contribution in [0.25, 0.3) is 6.08 Å². The second-order valence-electron chi connectivity index (χ2n) is 3.62. The molecule has 0 amide bonds. The molecule has 0 radical (unpaired) electrons. The number of benzene rings is 1. The molecular formula is C13H14N2O. The largest absolute Gasteiger partial charge is 0.378 e. The van der Waals surface area contributed by atoms with Gasteiger partial charge in [0, 0.05) is 24.9 Å². The van der Waals surface area contributed by atoms with Crippen molar-refractivity contribution in [3.63, 3.8) is 0 Å². The van der Waals surface area contributed by atoms with Crippen molar-refractivity contribution >= 4 is 11.8 Å². The van der Waals surface area contributed by atoms with E-state index in [0.717, 1.165) is 31.9 Å². The first-order valence-electron chi connectivity index (χ1n) is 5.40. The summed E-state index contributed by atoms with van der Waals surface area (Å²) in [5.41, 5.74) is 2.27. The molecule has 1 aromatic carbocycles. The van der Waals surface area contributed by atoms with E-state index in [1.165, 1.54) is 11.8 Å². The Balaban J connectivity index is 2.25.